The molecule has 0 saturated heterocycles. The Morgan fingerprint density at radius 1 is 1.17 bits per heavy atom. The lowest BCUT2D eigenvalue weighted by Gasteiger charge is -2.13. The minimum atomic E-state index is -1.11. The lowest BCUT2D eigenvalue weighted by atomic mass is 9.93. The van der Waals surface area contributed by atoms with Gasteiger partial charge in [-0.05, 0) is 24.3 Å². The molecule has 0 unspecified atom stereocenters. The Balaban J connectivity index is 1.91. The van der Waals surface area contributed by atoms with Crippen LogP contribution in [0.1, 0.15) is 37.0 Å². The van der Waals surface area contributed by atoms with Crippen molar-refractivity contribution in [1.29, 1.82) is 0 Å². The maximum atomic E-state index is 13.6. The highest BCUT2D eigenvalue weighted by atomic mass is 19.2. The Morgan fingerprint density at radius 3 is 2.62 bits per heavy atom. The predicted molar refractivity (Wildman–Crippen MR) is 86.0 cm³/mol. The molecule has 24 heavy (non-hydrogen) atoms. The minimum Gasteiger partial charge on any atom is -0.318 e. The molecule has 0 spiro atoms. The number of benzene rings is 1. The number of hydrogen-bond acceptors (Lipinski definition) is 3. The van der Waals surface area contributed by atoms with Crippen molar-refractivity contribution in [2.24, 2.45) is 0 Å². The molecular weight excluding hydrogens is 314 g/mol. The molecule has 3 rings (SSSR count). The minimum absolute atomic E-state index is 0.0732. The van der Waals surface area contributed by atoms with Crippen LogP contribution in [0.4, 0.5) is 14.5 Å². The number of aromatic nitrogens is 3. The van der Waals surface area contributed by atoms with Gasteiger partial charge in [0.1, 0.15) is 5.69 Å². The van der Waals surface area contributed by atoms with E-state index in [9.17, 15) is 13.6 Å². The lowest BCUT2D eigenvalue weighted by molar-refractivity contribution is 0.102. The van der Waals surface area contributed by atoms with Crippen LogP contribution in [0.3, 0.4) is 0 Å². The SMILES string of the molecule is CC(C)(C)c1cn2nc(C(=O)Nc3cccc(F)c3F)ccc2n1. The van der Waals surface area contributed by atoms with Gasteiger partial charge in [0.2, 0.25) is 0 Å². The van der Waals surface area contributed by atoms with Crippen LogP contribution in [0.5, 0.6) is 0 Å². The Morgan fingerprint density at radius 2 is 1.92 bits per heavy atom. The molecule has 0 radical (unpaired) electrons. The van der Waals surface area contributed by atoms with Gasteiger partial charge in [0.05, 0.1) is 17.6 Å². The van der Waals surface area contributed by atoms with Gasteiger partial charge in [-0.2, -0.15) is 5.10 Å². The highest BCUT2D eigenvalue weighted by Gasteiger charge is 2.19. The lowest BCUT2D eigenvalue weighted by Crippen LogP contribution is -2.16. The highest BCUT2D eigenvalue weighted by molar-refractivity contribution is 6.02. The maximum Gasteiger partial charge on any atom is 0.276 e. The van der Waals surface area contributed by atoms with Crippen LogP contribution in [-0.2, 0) is 5.41 Å². The molecule has 1 aromatic carbocycles. The molecule has 2 heterocycles. The summed E-state index contributed by atoms with van der Waals surface area (Å²) in [6, 6.07) is 6.72. The standard InChI is InChI=1S/C17H16F2N4O/c1-17(2,3)13-9-23-14(21-13)8-7-12(22-23)16(24)20-11-6-4-5-10(18)15(11)19/h4-9H,1-3H3,(H,20,24). The van der Waals surface area contributed by atoms with Crippen molar-refractivity contribution in [3.63, 3.8) is 0 Å². The van der Waals surface area contributed by atoms with Gasteiger partial charge in [-0.3, -0.25) is 4.79 Å². The van der Waals surface area contributed by atoms with Gasteiger partial charge >= 0.3 is 0 Å². The van der Waals surface area contributed by atoms with E-state index < -0.39 is 17.5 Å². The molecule has 0 atom stereocenters. The highest BCUT2D eigenvalue weighted by Crippen LogP contribution is 2.21. The van der Waals surface area contributed by atoms with Gasteiger partial charge < -0.3 is 5.32 Å². The van der Waals surface area contributed by atoms with Crippen molar-refractivity contribution in [3.8, 4) is 0 Å². The second-order valence-corrected chi connectivity index (χ2v) is 6.45. The zero-order chi connectivity index (χ0) is 17.5. The smallest absolute Gasteiger partial charge is 0.276 e. The topological polar surface area (TPSA) is 59.3 Å². The molecule has 3 aromatic rings. The summed E-state index contributed by atoms with van der Waals surface area (Å²) >= 11 is 0. The van der Waals surface area contributed by atoms with Gasteiger partial charge in [-0.25, -0.2) is 18.3 Å². The Hall–Kier alpha value is -2.83. The monoisotopic (exact) mass is 330 g/mol. The van der Waals surface area contributed by atoms with Crippen molar-refractivity contribution >= 4 is 17.2 Å². The molecule has 7 heteroatoms. The first-order chi connectivity index (χ1) is 11.3. The summed E-state index contributed by atoms with van der Waals surface area (Å²) in [4.78, 5) is 16.7. The van der Waals surface area contributed by atoms with Crippen LogP contribution in [0.25, 0.3) is 5.65 Å². The first kappa shape index (κ1) is 16.0. The van der Waals surface area contributed by atoms with Gasteiger partial charge in [0.25, 0.3) is 5.91 Å². The Labute approximate surface area is 137 Å². The number of amides is 1. The third-order valence-electron chi connectivity index (χ3n) is 3.52. The van der Waals surface area contributed by atoms with E-state index in [0.717, 1.165) is 11.8 Å². The second kappa shape index (κ2) is 5.67. The van der Waals surface area contributed by atoms with Crippen molar-refractivity contribution in [1.82, 2.24) is 14.6 Å². The average molecular weight is 330 g/mol. The number of nitrogens with zero attached hydrogens (tertiary/aromatic N) is 3. The number of nitrogens with one attached hydrogen (secondary N) is 1. The van der Waals surface area contributed by atoms with Crippen LogP contribution in [0.2, 0.25) is 0 Å². The van der Waals surface area contributed by atoms with Gasteiger partial charge in [-0.15, -0.1) is 0 Å². The summed E-state index contributed by atoms with van der Waals surface area (Å²) in [5.41, 5.74) is 1.13. The Kier molecular flexibility index (Phi) is 3.79. The van der Waals surface area contributed by atoms with E-state index in [1.807, 2.05) is 20.8 Å². The number of carbonyl (C=O) groups excluding carboxylic acids is 1. The van der Waals surface area contributed by atoms with E-state index in [2.05, 4.69) is 15.4 Å². The largest absolute Gasteiger partial charge is 0.318 e. The number of anilines is 1. The fourth-order valence-corrected chi connectivity index (χ4v) is 2.15. The molecule has 124 valence electrons. The molecule has 0 aliphatic heterocycles. The summed E-state index contributed by atoms with van der Waals surface area (Å²) in [7, 11) is 0. The van der Waals surface area contributed by atoms with E-state index in [1.165, 1.54) is 22.7 Å². The number of rotatable bonds is 2. The fourth-order valence-electron chi connectivity index (χ4n) is 2.15. The van der Waals surface area contributed by atoms with E-state index >= 15 is 0 Å². The number of carbonyl (C=O) groups is 1. The van der Waals surface area contributed by atoms with Crippen LogP contribution in [0.15, 0.2) is 36.5 Å². The normalized spacial score (nSPS) is 11.7. The number of fused-ring (bicyclic) bond motifs is 1. The molecule has 1 amide bonds. The fraction of sp³-hybridized carbons (Fsp3) is 0.235. The third-order valence-corrected chi connectivity index (χ3v) is 3.52. The van der Waals surface area contributed by atoms with Crippen LogP contribution in [-0.4, -0.2) is 20.5 Å². The number of hydrogen-bond donors (Lipinski definition) is 1. The van der Waals surface area contributed by atoms with Gasteiger partial charge in [-0.1, -0.05) is 26.8 Å². The van der Waals surface area contributed by atoms with E-state index in [1.54, 1.807) is 12.3 Å². The summed E-state index contributed by atoms with van der Waals surface area (Å²) < 4.78 is 28.3. The van der Waals surface area contributed by atoms with Crippen molar-refractivity contribution in [3.05, 3.63) is 59.6 Å². The second-order valence-electron chi connectivity index (χ2n) is 6.45. The molecule has 0 bridgehead atoms. The summed E-state index contributed by atoms with van der Waals surface area (Å²) in [6.45, 7) is 6.07. The maximum absolute atomic E-state index is 13.6. The zero-order valence-corrected chi connectivity index (χ0v) is 13.5. The Bertz CT molecular complexity index is 928. The third kappa shape index (κ3) is 2.97. The van der Waals surface area contributed by atoms with E-state index in [4.69, 9.17) is 0 Å². The van der Waals surface area contributed by atoms with Crippen molar-refractivity contribution in [2.75, 3.05) is 5.32 Å². The molecule has 5 nitrogen and oxygen atoms in total. The van der Waals surface area contributed by atoms with Crippen LogP contribution >= 0.6 is 0 Å². The molecule has 0 aliphatic rings. The molecule has 0 fully saturated rings. The van der Waals surface area contributed by atoms with E-state index in [0.29, 0.717) is 5.65 Å². The molecular formula is C17H16F2N4O. The quantitative estimate of drug-likeness (QED) is 0.781. The predicted octanol–water partition coefficient (Wildman–Crippen LogP) is 3.56. The molecule has 1 N–H and O–H groups in total. The number of imidazole rings is 1. The first-order valence-electron chi connectivity index (χ1n) is 7.38. The van der Waals surface area contributed by atoms with Crippen LogP contribution in [0, 0.1) is 11.6 Å². The van der Waals surface area contributed by atoms with Crippen molar-refractivity contribution in [2.45, 2.75) is 26.2 Å². The van der Waals surface area contributed by atoms with Crippen LogP contribution < -0.4 is 5.32 Å². The summed E-state index contributed by atoms with van der Waals surface area (Å²) in [5, 5.41) is 6.50. The zero-order valence-electron chi connectivity index (χ0n) is 13.5. The van der Waals surface area contributed by atoms with Gasteiger partial charge in [0, 0.05) is 5.41 Å². The first-order valence-corrected chi connectivity index (χ1v) is 7.38. The van der Waals surface area contributed by atoms with E-state index in [-0.39, 0.29) is 16.8 Å². The average Bonchev–Trinajstić information content (AvgIpc) is 2.95. The molecule has 0 aliphatic carbocycles. The molecule has 2 aromatic heterocycles. The van der Waals surface area contributed by atoms with Gasteiger partial charge in [0.15, 0.2) is 17.3 Å². The van der Waals surface area contributed by atoms with Crippen molar-refractivity contribution < 1.29 is 13.6 Å². The number of halogens is 2. The summed E-state index contributed by atoms with van der Waals surface area (Å²) in [5.74, 6) is -2.77. The summed E-state index contributed by atoms with van der Waals surface area (Å²) in [6.07, 6.45) is 1.74. The molecule has 0 saturated carbocycles.